The highest BCUT2D eigenvalue weighted by Crippen LogP contribution is 2.26. The van der Waals surface area contributed by atoms with Crippen LogP contribution in [0.25, 0.3) is 0 Å². The van der Waals surface area contributed by atoms with E-state index in [4.69, 9.17) is 5.73 Å². The molecule has 0 amide bonds. The summed E-state index contributed by atoms with van der Waals surface area (Å²) in [4.78, 5) is 0.405. The van der Waals surface area contributed by atoms with Gasteiger partial charge in [0.25, 0.3) is 0 Å². The Balaban J connectivity index is 3.26. The van der Waals surface area contributed by atoms with Crippen LogP contribution < -0.4 is 10.5 Å². The molecule has 0 saturated carbocycles. The first-order valence-corrected chi connectivity index (χ1v) is 8.88. The van der Waals surface area contributed by atoms with Crippen molar-refractivity contribution < 1.29 is 8.42 Å². The summed E-state index contributed by atoms with van der Waals surface area (Å²) >= 11 is 0. The Kier molecular flexibility index (Phi) is 5.96. The average molecular weight is 312 g/mol. The molecule has 0 heterocycles. The minimum absolute atomic E-state index is 0.227. The van der Waals surface area contributed by atoms with E-state index in [0.29, 0.717) is 17.4 Å². The molecular formula is C16H28N2O2S. The van der Waals surface area contributed by atoms with Crippen molar-refractivity contribution in [2.24, 2.45) is 11.7 Å². The number of hydrogen-bond acceptors (Lipinski definition) is 3. The van der Waals surface area contributed by atoms with Gasteiger partial charge in [0, 0.05) is 12.6 Å². The molecule has 1 atom stereocenters. The van der Waals surface area contributed by atoms with Gasteiger partial charge in [0.05, 0.1) is 4.90 Å². The molecule has 0 bridgehead atoms. The van der Waals surface area contributed by atoms with Crippen LogP contribution in [0, 0.1) is 33.6 Å². The minimum Gasteiger partial charge on any atom is -0.329 e. The number of hydrogen-bond donors (Lipinski definition) is 2. The fourth-order valence-electron chi connectivity index (χ4n) is 2.62. The van der Waals surface area contributed by atoms with Gasteiger partial charge in [0.15, 0.2) is 0 Å². The van der Waals surface area contributed by atoms with Crippen LogP contribution in [0.1, 0.15) is 42.5 Å². The highest BCUT2D eigenvalue weighted by atomic mass is 32.2. The maximum Gasteiger partial charge on any atom is 0.241 e. The second-order valence-corrected chi connectivity index (χ2v) is 7.92. The van der Waals surface area contributed by atoms with Gasteiger partial charge >= 0.3 is 0 Å². The molecule has 0 aliphatic carbocycles. The second-order valence-electron chi connectivity index (χ2n) is 6.27. The SMILES string of the molecule is Cc1cc(C)c(C)c(S(=O)(=O)NC(CN)CC(C)C)c1C. The molecular weight excluding hydrogens is 284 g/mol. The van der Waals surface area contributed by atoms with Gasteiger partial charge in [0.1, 0.15) is 0 Å². The lowest BCUT2D eigenvalue weighted by Crippen LogP contribution is -2.41. The maximum atomic E-state index is 12.8. The summed E-state index contributed by atoms with van der Waals surface area (Å²) in [5, 5.41) is 0. The van der Waals surface area contributed by atoms with Crippen LogP contribution in [0.5, 0.6) is 0 Å². The van der Waals surface area contributed by atoms with Crippen molar-refractivity contribution in [2.75, 3.05) is 6.54 Å². The molecule has 0 radical (unpaired) electrons. The summed E-state index contributed by atoms with van der Waals surface area (Å²) < 4.78 is 28.3. The van der Waals surface area contributed by atoms with E-state index in [-0.39, 0.29) is 6.04 Å². The molecule has 1 rings (SSSR count). The maximum absolute atomic E-state index is 12.8. The Morgan fingerprint density at radius 2 is 1.57 bits per heavy atom. The first-order valence-electron chi connectivity index (χ1n) is 7.40. The highest BCUT2D eigenvalue weighted by Gasteiger charge is 2.25. The molecule has 4 nitrogen and oxygen atoms in total. The molecule has 0 aliphatic heterocycles. The predicted octanol–water partition coefficient (Wildman–Crippen LogP) is 2.57. The fraction of sp³-hybridized carbons (Fsp3) is 0.625. The first-order chi connectivity index (χ1) is 9.60. The second kappa shape index (κ2) is 6.90. The van der Waals surface area contributed by atoms with Crippen LogP contribution in [0.2, 0.25) is 0 Å². The molecule has 0 saturated heterocycles. The quantitative estimate of drug-likeness (QED) is 0.848. The van der Waals surface area contributed by atoms with Gasteiger partial charge in [-0.1, -0.05) is 19.9 Å². The van der Waals surface area contributed by atoms with E-state index in [0.717, 1.165) is 28.7 Å². The van der Waals surface area contributed by atoms with E-state index >= 15 is 0 Å². The van der Waals surface area contributed by atoms with Gasteiger partial charge < -0.3 is 5.73 Å². The van der Waals surface area contributed by atoms with Crippen LogP contribution in [0.4, 0.5) is 0 Å². The van der Waals surface area contributed by atoms with Crippen molar-refractivity contribution in [3.05, 3.63) is 28.3 Å². The summed E-state index contributed by atoms with van der Waals surface area (Å²) in [7, 11) is -3.55. The molecule has 21 heavy (non-hydrogen) atoms. The van der Waals surface area contributed by atoms with Crippen molar-refractivity contribution >= 4 is 10.0 Å². The number of nitrogens with two attached hydrogens (primary N) is 1. The summed E-state index contributed by atoms with van der Waals surface area (Å²) in [6.45, 7) is 12.0. The largest absolute Gasteiger partial charge is 0.329 e. The van der Waals surface area contributed by atoms with E-state index in [1.807, 2.05) is 33.8 Å². The summed E-state index contributed by atoms with van der Waals surface area (Å²) in [5.74, 6) is 0.391. The zero-order chi connectivity index (χ0) is 16.4. The Morgan fingerprint density at radius 1 is 1.10 bits per heavy atom. The number of benzene rings is 1. The monoisotopic (exact) mass is 312 g/mol. The zero-order valence-electron chi connectivity index (χ0n) is 13.9. The lowest BCUT2D eigenvalue weighted by molar-refractivity contribution is 0.464. The van der Waals surface area contributed by atoms with E-state index in [1.54, 1.807) is 0 Å². The molecule has 0 aromatic heterocycles. The summed E-state index contributed by atoms with van der Waals surface area (Å²) in [6.07, 6.45) is 0.735. The van der Waals surface area contributed by atoms with Gasteiger partial charge in [-0.15, -0.1) is 0 Å². The Hall–Kier alpha value is -0.910. The summed E-state index contributed by atoms with van der Waals surface area (Å²) in [6, 6.07) is 1.80. The van der Waals surface area contributed by atoms with Crippen molar-refractivity contribution in [1.82, 2.24) is 4.72 Å². The van der Waals surface area contributed by atoms with Crippen molar-refractivity contribution in [1.29, 1.82) is 0 Å². The Labute approximate surface area is 129 Å². The number of sulfonamides is 1. The van der Waals surface area contributed by atoms with Gasteiger partial charge in [0.2, 0.25) is 10.0 Å². The van der Waals surface area contributed by atoms with Crippen molar-refractivity contribution in [2.45, 2.75) is 58.9 Å². The Morgan fingerprint density at radius 3 is 1.95 bits per heavy atom. The van der Waals surface area contributed by atoms with E-state index in [2.05, 4.69) is 18.6 Å². The van der Waals surface area contributed by atoms with E-state index in [1.165, 1.54) is 0 Å². The first kappa shape index (κ1) is 18.1. The van der Waals surface area contributed by atoms with Crippen LogP contribution in [-0.2, 0) is 10.0 Å². The standard InChI is InChI=1S/C16H28N2O2S/c1-10(2)7-15(9-17)18-21(19,20)16-13(5)11(3)8-12(4)14(16)6/h8,10,15,18H,7,9,17H2,1-6H3. The molecule has 0 aliphatic rings. The number of aryl methyl sites for hydroxylation is 2. The fourth-order valence-corrected chi connectivity index (χ4v) is 4.50. The van der Waals surface area contributed by atoms with Crippen LogP contribution >= 0.6 is 0 Å². The molecule has 0 spiro atoms. The minimum atomic E-state index is -3.55. The molecule has 1 aromatic carbocycles. The van der Waals surface area contributed by atoms with Gasteiger partial charge in [-0.3, -0.25) is 0 Å². The molecule has 0 fully saturated rings. The Bertz CT molecular complexity index is 581. The lowest BCUT2D eigenvalue weighted by Gasteiger charge is -2.22. The van der Waals surface area contributed by atoms with Gasteiger partial charge in [-0.05, 0) is 62.3 Å². The number of rotatable bonds is 6. The van der Waals surface area contributed by atoms with Crippen molar-refractivity contribution in [3.63, 3.8) is 0 Å². The summed E-state index contributed by atoms with van der Waals surface area (Å²) in [5.41, 5.74) is 9.32. The van der Waals surface area contributed by atoms with Crippen molar-refractivity contribution in [3.8, 4) is 0 Å². The normalized spacial score (nSPS) is 13.7. The van der Waals surface area contributed by atoms with E-state index < -0.39 is 10.0 Å². The third-order valence-corrected chi connectivity index (χ3v) is 5.72. The third-order valence-electron chi connectivity index (χ3n) is 3.93. The smallest absolute Gasteiger partial charge is 0.241 e. The average Bonchev–Trinajstić information content (AvgIpc) is 2.34. The topological polar surface area (TPSA) is 72.2 Å². The highest BCUT2D eigenvalue weighted by molar-refractivity contribution is 7.89. The van der Waals surface area contributed by atoms with Crippen LogP contribution in [-0.4, -0.2) is 21.0 Å². The zero-order valence-corrected chi connectivity index (χ0v) is 14.8. The van der Waals surface area contributed by atoms with Gasteiger partial charge in [-0.2, -0.15) is 0 Å². The predicted molar refractivity (Wildman–Crippen MR) is 88.0 cm³/mol. The molecule has 120 valence electrons. The lowest BCUT2D eigenvalue weighted by atomic mass is 10.0. The number of nitrogens with one attached hydrogen (secondary N) is 1. The van der Waals surface area contributed by atoms with Crippen LogP contribution in [0.3, 0.4) is 0 Å². The molecule has 3 N–H and O–H groups in total. The van der Waals surface area contributed by atoms with Gasteiger partial charge in [-0.25, -0.2) is 13.1 Å². The third kappa shape index (κ3) is 4.28. The molecule has 5 heteroatoms. The van der Waals surface area contributed by atoms with E-state index in [9.17, 15) is 8.42 Å². The molecule has 1 aromatic rings. The molecule has 1 unspecified atom stereocenters. The van der Waals surface area contributed by atoms with Crippen LogP contribution in [0.15, 0.2) is 11.0 Å².